The molecule has 7 nitrogen and oxygen atoms in total. The van der Waals surface area contributed by atoms with Crippen LogP contribution >= 0.6 is 0 Å². The standard InChI is InChI=1S/C17H26N4O3/c1-2-24-6-3-17(23)21-10-12-7-14(15(22)8-13(12)11-21)20-16-9-18-4-5-19-16/h4-5,9,12-15,22H,2-3,6-8,10-11H2,1H3,(H,19,20)/t12-,13+,14-,15-/m1/s1. The van der Waals surface area contributed by atoms with E-state index in [1.165, 1.54) is 0 Å². The molecule has 2 fully saturated rings. The maximum Gasteiger partial charge on any atom is 0.224 e. The molecule has 1 saturated carbocycles. The summed E-state index contributed by atoms with van der Waals surface area (Å²) in [7, 11) is 0. The minimum atomic E-state index is -0.424. The monoisotopic (exact) mass is 334 g/mol. The van der Waals surface area contributed by atoms with Gasteiger partial charge in [-0.05, 0) is 31.6 Å². The van der Waals surface area contributed by atoms with Gasteiger partial charge in [0.05, 0.1) is 31.4 Å². The Morgan fingerprint density at radius 1 is 1.38 bits per heavy atom. The van der Waals surface area contributed by atoms with Crippen LogP contribution in [0.1, 0.15) is 26.2 Å². The van der Waals surface area contributed by atoms with Crippen molar-refractivity contribution < 1.29 is 14.6 Å². The van der Waals surface area contributed by atoms with Crippen LogP contribution in [-0.2, 0) is 9.53 Å². The Kier molecular flexibility index (Phi) is 5.63. The third-order valence-corrected chi connectivity index (χ3v) is 5.06. The van der Waals surface area contributed by atoms with Crippen molar-refractivity contribution in [3.05, 3.63) is 18.6 Å². The molecule has 24 heavy (non-hydrogen) atoms. The second-order valence-corrected chi connectivity index (χ2v) is 6.65. The number of aliphatic hydroxyl groups excluding tert-OH is 1. The molecule has 1 aromatic heterocycles. The lowest BCUT2D eigenvalue weighted by atomic mass is 9.77. The molecule has 2 N–H and O–H groups in total. The van der Waals surface area contributed by atoms with Crippen molar-refractivity contribution in [2.45, 2.75) is 38.3 Å². The Balaban J connectivity index is 1.54. The summed E-state index contributed by atoms with van der Waals surface area (Å²) in [5.41, 5.74) is 0. The summed E-state index contributed by atoms with van der Waals surface area (Å²) in [5.74, 6) is 1.66. The number of likely N-dealkylation sites (tertiary alicyclic amines) is 1. The zero-order valence-electron chi connectivity index (χ0n) is 14.1. The van der Waals surface area contributed by atoms with E-state index >= 15 is 0 Å². The van der Waals surface area contributed by atoms with Gasteiger partial charge < -0.3 is 20.1 Å². The van der Waals surface area contributed by atoms with Gasteiger partial charge in [-0.3, -0.25) is 9.78 Å². The third kappa shape index (κ3) is 4.02. The molecule has 7 heteroatoms. The first-order chi connectivity index (χ1) is 11.7. The molecular formula is C17H26N4O3. The maximum absolute atomic E-state index is 12.3. The van der Waals surface area contributed by atoms with Gasteiger partial charge in [-0.25, -0.2) is 4.98 Å². The smallest absolute Gasteiger partial charge is 0.224 e. The van der Waals surface area contributed by atoms with E-state index in [0.717, 1.165) is 25.9 Å². The van der Waals surface area contributed by atoms with Gasteiger partial charge in [0.1, 0.15) is 5.82 Å². The van der Waals surface area contributed by atoms with E-state index < -0.39 is 6.10 Å². The second-order valence-electron chi connectivity index (χ2n) is 6.65. The predicted molar refractivity (Wildman–Crippen MR) is 89.4 cm³/mol. The number of carbonyl (C=O) groups excluding carboxylic acids is 1. The fourth-order valence-electron chi connectivity index (χ4n) is 3.81. The number of rotatable bonds is 6. The van der Waals surface area contributed by atoms with Crippen molar-refractivity contribution in [2.24, 2.45) is 11.8 Å². The number of nitrogens with zero attached hydrogens (tertiary/aromatic N) is 3. The van der Waals surface area contributed by atoms with E-state index in [1.54, 1.807) is 18.6 Å². The molecule has 1 aliphatic heterocycles. The lowest BCUT2D eigenvalue weighted by Crippen LogP contribution is -2.43. The van der Waals surface area contributed by atoms with E-state index in [9.17, 15) is 9.90 Å². The van der Waals surface area contributed by atoms with Crippen LogP contribution < -0.4 is 5.32 Å². The van der Waals surface area contributed by atoms with Crippen molar-refractivity contribution in [3.8, 4) is 0 Å². The first-order valence-corrected chi connectivity index (χ1v) is 8.73. The van der Waals surface area contributed by atoms with E-state index in [0.29, 0.717) is 37.3 Å². The van der Waals surface area contributed by atoms with Crippen LogP contribution in [0.5, 0.6) is 0 Å². The molecule has 1 saturated heterocycles. The predicted octanol–water partition coefficient (Wildman–Crippen LogP) is 0.913. The van der Waals surface area contributed by atoms with Gasteiger partial charge in [0.25, 0.3) is 0 Å². The lowest BCUT2D eigenvalue weighted by Gasteiger charge is -2.35. The van der Waals surface area contributed by atoms with Crippen LogP contribution in [0.2, 0.25) is 0 Å². The normalized spacial score (nSPS) is 29.3. The Morgan fingerprint density at radius 3 is 2.88 bits per heavy atom. The minimum absolute atomic E-state index is 0.0403. The molecule has 0 bridgehead atoms. The Morgan fingerprint density at radius 2 is 2.17 bits per heavy atom. The highest BCUT2D eigenvalue weighted by molar-refractivity contribution is 5.76. The average Bonchev–Trinajstić information content (AvgIpc) is 2.99. The molecule has 1 aromatic rings. The highest BCUT2D eigenvalue weighted by Gasteiger charge is 2.42. The third-order valence-electron chi connectivity index (χ3n) is 5.06. The highest BCUT2D eigenvalue weighted by Crippen LogP contribution is 2.37. The topological polar surface area (TPSA) is 87.6 Å². The fraction of sp³-hybridized carbons (Fsp3) is 0.706. The van der Waals surface area contributed by atoms with Crippen LogP contribution in [0, 0.1) is 11.8 Å². The summed E-state index contributed by atoms with van der Waals surface area (Å²) in [6, 6.07) is -0.0403. The summed E-state index contributed by atoms with van der Waals surface area (Å²) in [4.78, 5) is 22.5. The summed E-state index contributed by atoms with van der Waals surface area (Å²) >= 11 is 0. The lowest BCUT2D eigenvalue weighted by molar-refractivity contribution is -0.131. The summed E-state index contributed by atoms with van der Waals surface area (Å²) < 4.78 is 5.27. The zero-order valence-corrected chi connectivity index (χ0v) is 14.1. The Hall–Kier alpha value is -1.73. The van der Waals surface area contributed by atoms with Crippen molar-refractivity contribution >= 4 is 11.7 Å². The SMILES string of the molecule is CCOCCC(=O)N1C[C@H]2C[C@@H](Nc3cnccn3)[C@H](O)C[C@H]2C1. The van der Waals surface area contributed by atoms with E-state index in [4.69, 9.17) is 4.74 Å². The first kappa shape index (κ1) is 17.1. The van der Waals surface area contributed by atoms with E-state index in [-0.39, 0.29) is 11.9 Å². The molecule has 2 aliphatic rings. The molecule has 1 aliphatic carbocycles. The number of carbonyl (C=O) groups is 1. The summed E-state index contributed by atoms with van der Waals surface area (Å²) in [5, 5.41) is 13.7. The quantitative estimate of drug-likeness (QED) is 0.752. The minimum Gasteiger partial charge on any atom is -0.391 e. The van der Waals surface area contributed by atoms with Crippen LogP contribution in [0.4, 0.5) is 5.82 Å². The number of amides is 1. The molecule has 1 amide bonds. The van der Waals surface area contributed by atoms with Gasteiger partial charge in [-0.15, -0.1) is 0 Å². The fourth-order valence-corrected chi connectivity index (χ4v) is 3.81. The number of nitrogens with one attached hydrogen (secondary N) is 1. The van der Waals surface area contributed by atoms with Crippen molar-refractivity contribution in [1.29, 1.82) is 0 Å². The molecule has 4 atom stereocenters. The number of aliphatic hydroxyl groups is 1. The van der Waals surface area contributed by atoms with Crippen molar-refractivity contribution in [1.82, 2.24) is 14.9 Å². The molecule has 0 aromatic carbocycles. The number of fused-ring (bicyclic) bond motifs is 1. The Bertz CT molecular complexity index is 542. The van der Waals surface area contributed by atoms with Gasteiger partial charge in [0, 0.05) is 32.1 Å². The van der Waals surface area contributed by atoms with Crippen LogP contribution in [0.3, 0.4) is 0 Å². The van der Waals surface area contributed by atoms with Crippen LogP contribution in [-0.4, -0.2) is 64.3 Å². The average molecular weight is 334 g/mol. The van der Waals surface area contributed by atoms with E-state index in [2.05, 4.69) is 15.3 Å². The molecule has 0 unspecified atom stereocenters. The zero-order chi connectivity index (χ0) is 16.9. The highest BCUT2D eigenvalue weighted by atomic mass is 16.5. The van der Waals surface area contributed by atoms with Crippen LogP contribution in [0.15, 0.2) is 18.6 Å². The molecule has 0 radical (unpaired) electrons. The van der Waals surface area contributed by atoms with Gasteiger partial charge in [-0.2, -0.15) is 0 Å². The second kappa shape index (κ2) is 7.90. The number of anilines is 1. The largest absolute Gasteiger partial charge is 0.391 e. The van der Waals surface area contributed by atoms with E-state index in [1.807, 2.05) is 11.8 Å². The number of hydrogen-bond donors (Lipinski definition) is 2. The van der Waals surface area contributed by atoms with Gasteiger partial charge >= 0.3 is 0 Å². The molecular weight excluding hydrogens is 308 g/mol. The summed E-state index contributed by atoms with van der Waals surface area (Å²) in [6.07, 6.45) is 6.51. The molecule has 0 spiro atoms. The number of hydrogen-bond acceptors (Lipinski definition) is 6. The van der Waals surface area contributed by atoms with Crippen molar-refractivity contribution in [2.75, 3.05) is 31.6 Å². The van der Waals surface area contributed by atoms with Gasteiger partial charge in [0.15, 0.2) is 0 Å². The van der Waals surface area contributed by atoms with Gasteiger partial charge in [0.2, 0.25) is 5.91 Å². The van der Waals surface area contributed by atoms with Gasteiger partial charge in [-0.1, -0.05) is 0 Å². The van der Waals surface area contributed by atoms with Crippen molar-refractivity contribution in [3.63, 3.8) is 0 Å². The first-order valence-electron chi connectivity index (χ1n) is 8.73. The number of ether oxygens (including phenoxy) is 1. The number of aromatic nitrogens is 2. The van der Waals surface area contributed by atoms with Crippen LogP contribution in [0.25, 0.3) is 0 Å². The molecule has 132 valence electrons. The maximum atomic E-state index is 12.3. The Labute approximate surface area is 142 Å². The molecule has 3 rings (SSSR count). The molecule has 2 heterocycles. The summed E-state index contributed by atoms with van der Waals surface area (Å²) in [6.45, 7) is 4.59.